The summed E-state index contributed by atoms with van der Waals surface area (Å²) in [6, 6.07) is 7.78. The number of halogens is 2. The van der Waals surface area contributed by atoms with Crippen molar-refractivity contribution in [2.45, 2.75) is 10.9 Å². The number of hydrogen-bond donors (Lipinski definition) is 1. The topological polar surface area (TPSA) is 41.6 Å². The van der Waals surface area contributed by atoms with E-state index in [0.717, 1.165) is 15.9 Å². The number of hydrogen-bond acceptors (Lipinski definition) is 3. The first kappa shape index (κ1) is 12.4. The third kappa shape index (κ3) is 3.74. The van der Waals surface area contributed by atoms with Crippen molar-refractivity contribution in [2.24, 2.45) is 0 Å². The molecule has 0 aliphatic heterocycles. The Hall–Kier alpha value is -0.710. The molecule has 0 saturated heterocycles. The van der Waals surface area contributed by atoms with E-state index in [2.05, 4.69) is 15.2 Å². The second-order valence-corrected chi connectivity index (χ2v) is 4.11. The summed E-state index contributed by atoms with van der Waals surface area (Å²) in [6.07, 6.45) is 1.50. The third-order valence-corrected chi connectivity index (χ3v) is 2.88. The van der Waals surface area contributed by atoms with Gasteiger partial charge in [-0.1, -0.05) is 35.5 Å². The van der Waals surface area contributed by atoms with Gasteiger partial charge >= 0.3 is 0 Å². The smallest absolute Gasteiger partial charge is 0.183 e. The molecule has 1 N–H and O–H groups in total. The summed E-state index contributed by atoms with van der Waals surface area (Å²) in [4.78, 5) is 4.02. The Morgan fingerprint density at radius 3 is 2.60 bits per heavy atom. The molecule has 1 aromatic carbocycles. The highest BCUT2D eigenvalue weighted by atomic mass is 35.5. The molecule has 0 aliphatic carbocycles. The summed E-state index contributed by atoms with van der Waals surface area (Å²) < 4.78 is 0. The Kier molecular flexibility index (Phi) is 4.94. The van der Waals surface area contributed by atoms with Crippen LogP contribution in [0.2, 0.25) is 5.02 Å². The van der Waals surface area contributed by atoms with Crippen LogP contribution in [0.3, 0.4) is 0 Å². The van der Waals surface area contributed by atoms with E-state index in [-0.39, 0.29) is 12.4 Å². The number of nitrogens with one attached hydrogen (secondary N) is 1. The predicted octanol–water partition coefficient (Wildman–Crippen LogP) is 3.17. The normalized spacial score (nSPS) is 9.67. The van der Waals surface area contributed by atoms with E-state index in [1.807, 2.05) is 24.3 Å². The van der Waals surface area contributed by atoms with Gasteiger partial charge in [0, 0.05) is 10.8 Å². The van der Waals surface area contributed by atoms with E-state index >= 15 is 0 Å². The molecule has 0 fully saturated rings. The molecule has 2 aromatic rings. The third-order valence-electron chi connectivity index (χ3n) is 1.68. The second kappa shape index (κ2) is 6.00. The van der Waals surface area contributed by atoms with Crippen LogP contribution in [0.5, 0.6) is 0 Å². The summed E-state index contributed by atoms with van der Waals surface area (Å²) >= 11 is 7.39. The van der Waals surface area contributed by atoms with Gasteiger partial charge in [0.2, 0.25) is 0 Å². The molecule has 0 unspecified atom stereocenters. The fraction of sp³-hybridized carbons (Fsp3) is 0.111. The fourth-order valence-corrected chi connectivity index (χ4v) is 1.86. The van der Waals surface area contributed by atoms with Crippen LogP contribution in [0.15, 0.2) is 35.7 Å². The molecule has 0 bridgehead atoms. The SMILES string of the molecule is Cl.Clc1ccc(CSc2ncn[nH]2)cc1. The number of benzene rings is 1. The molecular formula is C9H9Cl2N3S. The highest BCUT2D eigenvalue weighted by Crippen LogP contribution is 2.19. The fourth-order valence-electron chi connectivity index (χ4n) is 0.996. The van der Waals surface area contributed by atoms with Crippen LogP contribution in [0.4, 0.5) is 0 Å². The van der Waals surface area contributed by atoms with Crippen molar-refractivity contribution >= 4 is 35.8 Å². The first-order valence-corrected chi connectivity index (χ1v) is 5.43. The van der Waals surface area contributed by atoms with Gasteiger partial charge in [0.25, 0.3) is 0 Å². The van der Waals surface area contributed by atoms with Crippen LogP contribution in [0.25, 0.3) is 0 Å². The van der Waals surface area contributed by atoms with E-state index in [1.165, 1.54) is 11.9 Å². The first-order chi connectivity index (χ1) is 6.84. The minimum Gasteiger partial charge on any atom is -0.254 e. The standard InChI is InChI=1S/C9H8ClN3S.ClH/c10-8-3-1-7(2-4-8)5-14-9-11-6-12-13-9;/h1-4,6H,5H2,(H,11,12,13);1H. The average Bonchev–Trinajstić information content (AvgIpc) is 2.70. The maximum atomic E-state index is 5.78. The molecule has 0 atom stereocenters. The van der Waals surface area contributed by atoms with Gasteiger partial charge in [-0.2, -0.15) is 5.10 Å². The van der Waals surface area contributed by atoms with Gasteiger partial charge in [0.1, 0.15) is 6.33 Å². The lowest BCUT2D eigenvalue weighted by molar-refractivity contribution is 0.973. The Balaban J connectivity index is 0.00000112. The zero-order valence-corrected chi connectivity index (χ0v) is 10.1. The van der Waals surface area contributed by atoms with Crippen molar-refractivity contribution in [3.8, 4) is 0 Å². The van der Waals surface area contributed by atoms with Gasteiger partial charge in [0.05, 0.1) is 0 Å². The molecule has 0 saturated carbocycles. The molecule has 80 valence electrons. The highest BCUT2D eigenvalue weighted by molar-refractivity contribution is 7.98. The van der Waals surface area contributed by atoms with Gasteiger partial charge in [-0.15, -0.1) is 12.4 Å². The summed E-state index contributed by atoms with van der Waals surface area (Å²) in [7, 11) is 0. The zero-order chi connectivity index (χ0) is 9.80. The molecule has 6 heteroatoms. The predicted molar refractivity (Wildman–Crippen MR) is 64.6 cm³/mol. The van der Waals surface area contributed by atoms with Crippen LogP contribution in [0, 0.1) is 0 Å². The molecule has 1 heterocycles. The summed E-state index contributed by atoms with van der Waals surface area (Å²) in [5.41, 5.74) is 1.22. The Bertz CT molecular complexity index is 388. The van der Waals surface area contributed by atoms with E-state index in [1.54, 1.807) is 11.8 Å². The van der Waals surface area contributed by atoms with E-state index < -0.39 is 0 Å². The van der Waals surface area contributed by atoms with Crippen LogP contribution in [-0.2, 0) is 5.75 Å². The zero-order valence-electron chi connectivity index (χ0n) is 7.68. The summed E-state index contributed by atoms with van der Waals surface area (Å²) in [5, 5.41) is 8.16. The molecule has 0 amide bonds. The van der Waals surface area contributed by atoms with E-state index in [0.29, 0.717) is 0 Å². The number of rotatable bonds is 3. The number of aromatic nitrogens is 3. The van der Waals surface area contributed by atoms with Crippen molar-refractivity contribution < 1.29 is 0 Å². The van der Waals surface area contributed by atoms with Crippen molar-refractivity contribution in [2.75, 3.05) is 0 Å². The molecule has 0 spiro atoms. The molecule has 3 nitrogen and oxygen atoms in total. The quantitative estimate of drug-likeness (QED) is 0.864. The van der Waals surface area contributed by atoms with Crippen LogP contribution < -0.4 is 0 Å². The maximum absolute atomic E-state index is 5.78. The summed E-state index contributed by atoms with van der Waals surface area (Å²) in [6.45, 7) is 0. The van der Waals surface area contributed by atoms with Crippen molar-refractivity contribution in [3.05, 3.63) is 41.2 Å². The second-order valence-electron chi connectivity index (χ2n) is 2.71. The Morgan fingerprint density at radius 2 is 2.00 bits per heavy atom. The molecule has 0 aliphatic rings. The van der Waals surface area contributed by atoms with Crippen molar-refractivity contribution in [1.29, 1.82) is 0 Å². The van der Waals surface area contributed by atoms with Gasteiger partial charge in [-0.25, -0.2) is 4.98 Å². The number of nitrogens with zero attached hydrogens (tertiary/aromatic N) is 2. The maximum Gasteiger partial charge on any atom is 0.183 e. The Labute approximate surface area is 103 Å². The lowest BCUT2D eigenvalue weighted by Gasteiger charge is -1.98. The minimum atomic E-state index is 0. The van der Waals surface area contributed by atoms with Gasteiger partial charge in [-0.05, 0) is 17.7 Å². The van der Waals surface area contributed by atoms with Gasteiger partial charge < -0.3 is 0 Å². The van der Waals surface area contributed by atoms with E-state index in [4.69, 9.17) is 11.6 Å². The minimum absolute atomic E-state index is 0. The number of H-pyrrole nitrogens is 1. The average molecular weight is 262 g/mol. The lowest BCUT2D eigenvalue weighted by Crippen LogP contribution is -1.81. The number of thioether (sulfide) groups is 1. The largest absolute Gasteiger partial charge is 0.254 e. The van der Waals surface area contributed by atoms with E-state index in [9.17, 15) is 0 Å². The monoisotopic (exact) mass is 261 g/mol. The number of aromatic amines is 1. The molecule has 15 heavy (non-hydrogen) atoms. The van der Waals surface area contributed by atoms with Gasteiger partial charge in [-0.3, -0.25) is 5.10 Å². The van der Waals surface area contributed by atoms with Gasteiger partial charge in [0.15, 0.2) is 5.16 Å². The van der Waals surface area contributed by atoms with Crippen LogP contribution in [-0.4, -0.2) is 15.2 Å². The van der Waals surface area contributed by atoms with Crippen LogP contribution >= 0.6 is 35.8 Å². The molecule has 0 radical (unpaired) electrons. The van der Waals surface area contributed by atoms with Crippen molar-refractivity contribution in [1.82, 2.24) is 15.2 Å². The van der Waals surface area contributed by atoms with Crippen molar-refractivity contribution in [3.63, 3.8) is 0 Å². The lowest BCUT2D eigenvalue weighted by atomic mass is 10.2. The molecular weight excluding hydrogens is 253 g/mol. The van der Waals surface area contributed by atoms with Crippen LogP contribution in [0.1, 0.15) is 5.56 Å². The molecule has 2 rings (SSSR count). The molecule has 1 aromatic heterocycles. The Morgan fingerprint density at radius 1 is 1.27 bits per heavy atom. The highest BCUT2D eigenvalue weighted by Gasteiger charge is 1.98. The first-order valence-electron chi connectivity index (χ1n) is 4.07. The summed E-state index contributed by atoms with van der Waals surface area (Å²) in [5.74, 6) is 0.867.